The summed E-state index contributed by atoms with van der Waals surface area (Å²) in [7, 11) is -3.35. The summed E-state index contributed by atoms with van der Waals surface area (Å²) in [5.41, 5.74) is 2.67. The average Bonchev–Trinajstić information content (AvgIpc) is 2.92. The van der Waals surface area contributed by atoms with Gasteiger partial charge < -0.3 is 9.88 Å². The van der Waals surface area contributed by atoms with Crippen molar-refractivity contribution in [2.45, 2.75) is 50.5 Å². The molecule has 0 aliphatic carbocycles. The molecule has 2 aromatic heterocycles. The summed E-state index contributed by atoms with van der Waals surface area (Å²) in [4.78, 5) is 22.5. The van der Waals surface area contributed by atoms with E-state index in [2.05, 4.69) is 14.9 Å². The van der Waals surface area contributed by atoms with Crippen LogP contribution in [0.5, 0.6) is 0 Å². The predicted molar refractivity (Wildman–Crippen MR) is 115 cm³/mol. The topological polar surface area (TPSA) is 94.0 Å². The van der Waals surface area contributed by atoms with Gasteiger partial charge >= 0.3 is 0 Å². The second-order valence-electron chi connectivity index (χ2n) is 7.72. The number of amides is 1. The van der Waals surface area contributed by atoms with Crippen molar-refractivity contribution in [3.63, 3.8) is 0 Å². The van der Waals surface area contributed by atoms with Crippen LogP contribution in [0.15, 0.2) is 41.3 Å². The molecule has 0 spiro atoms. The van der Waals surface area contributed by atoms with Crippen molar-refractivity contribution in [3.05, 3.63) is 53.5 Å². The van der Waals surface area contributed by atoms with E-state index in [-0.39, 0.29) is 18.2 Å². The molecule has 0 bridgehead atoms. The van der Waals surface area contributed by atoms with Gasteiger partial charge in [0.15, 0.2) is 15.5 Å². The lowest BCUT2D eigenvalue weighted by atomic mass is 10.2. The Bertz CT molecular complexity index is 1170. The zero-order valence-electron chi connectivity index (χ0n) is 17.1. The van der Waals surface area contributed by atoms with Crippen LogP contribution < -0.4 is 5.32 Å². The number of fused-ring (bicyclic) bond motifs is 3. The summed E-state index contributed by atoms with van der Waals surface area (Å²) in [5.74, 6) is 0.736. The molecule has 3 heterocycles. The van der Waals surface area contributed by atoms with Crippen molar-refractivity contribution >= 4 is 26.9 Å². The van der Waals surface area contributed by atoms with Crippen LogP contribution >= 0.6 is 0 Å². The Kier molecular flexibility index (Phi) is 5.85. The lowest BCUT2D eigenvalue weighted by Crippen LogP contribution is -2.26. The van der Waals surface area contributed by atoms with Crippen LogP contribution in [-0.2, 0) is 22.8 Å². The molecular formula is C22H26N4O3S. The third-order valence-electron chi connectivity index (χ3n) is 5.41. The Balaban J connectivity index is 1.46. The van der Waals surface area contributed by atoms with Crippen LogP contribution in [-0.4, -0.2) is 41.2 Å². The molecule has 4 rings (SSSR count). The minimum absolute atomic E-state index is 0.0130. The number of imidazole rings is 1. The van der Waals surface area contributed by atoms with E-state index in [9.17, 15) is 13.2 Å². The van der Waals surface area contributed by atoms with Gasteiger partial charge in [-0.2, -0.15) is 0 Å². The van der Waals surface area contributed by atoms with E-state index in [0.29, 0.717) is 22.4 Å². The van der Waals surface area contributed by atoms with Gasteiger partial charge in [-0.15, -0.1) is 0 Å². The molecule has 3 aromatic rings. The third kappa shape index (κ3) is 4.23. The van der Waals surface area contributed by atoms with Crippen LogP contribution in [0.25, 0.3) is 11.2 Å². The molecule has 8 heteroatoms. The van der Waals surface area contributed by atoms with Gasteiger partial charge in [-0.3, -0.25) is 4.79 Å². The van der Waals surface area contributed by atoms with Crippen LogP contribution in [0.1, 0.15) is 47.6 Å². The molecular weight excluding hydrogens is 400 g/mol. The van der Waals surface area contributed by atoms with Crippen LogP contribution in [0, 0.1) is 6.92 Å². The second-order valence-corrected chi connectivity index (χ2v) is 9.82. The van der Waals surface area contributed by atoms with E-state index in [0.717, 1.165) is 43.0 Å². The third-order valence-corrected chi connectivity index (χ3v) is 7.23. The molecule has 0 atom stereocenters. The van der Waals surface area contributed by atoms with E-state index in [1.54, 1.807) is 36.4 Å². The summed E-state index contributed by atoms with van der Waals surface area (Å²) in [5, 5.41) is 2.85. The molecule has 0 unspecified atom stereocenters. The summed E-state index contributed by atoms with van der Waals surface area (Å²) in [6, 6.07) is 10.1. The number of benzene rings is 1. The molecule has 1 aliphatic rings. The van der Waals surface area contributed by atoms with Crippen molar-refractivity contribution in [1.82, 2.24) is 19.9 Å². The van der Waals surface area contributed by atoms with Gasteiger partial charge in [0.05, 0.1) is 16.2 Å². The number of nitrogens with one attached hydrogen (secondary N) is 1. The minimum Gasteiger partial charge on any atom is -0.352 e. The molecule has 1 N–H and O–H groups in total. The van der Waals surface area contributed by atoms with E-state index < -0.39 is 9.84 Å². The summed E-state index contributed by atoms with van der Waals surface area (Å²) in [6.45, 7) is 3.03. The highest BCUT2D eigenvalue weighted by Crippen LogP contribution is 2.24. The maximum absolute atomic E-state index is 12.8. The molecule has 158 valence electrons. The summed E-state index contributed by atoms with van der Waals surface area (Å²) < 4.78 is 26.9. The first-order chi connectivity index (χ1) is 14.5. The smallest absolute Gasteiger partial charge is 0.253 e. The maximum Gasteiger partial charge on any atom is 0.253 e. The van der Waals surface area contributed by atoms with Gasteiger partial charge in [0.1, 0.15) is 11.3 Å². The Labute approximate surface area is 176 Å². The SMILES string of the molecule is Cc1cc(C(=O)NCCCS(=O)(=O)c2ccccc2)c2nc3n(c2n1)CCCCC3. The zero-order chi connectivity index (χ0) is 21.1. The van der Waals surface area contributed by atoms with Crippen molar-refractivity contribution in [2.75, 3.05) is 12.3 Å². The van der Waals surface area contributed by atoms with Crippen molar-refractivity contribution in [2.24, 2.45) is 0 Å². The largest absolute Gasteiger partial charge is 0.352 e. The van der Waals surface area contributed by atoms with Crippen LogP contribution in [0.3, 0.4) is 0 Å². The molecule has 1 aliphatic heterocycles. The predicted octanol–water partition coefficient (Wildman–Crippen LogP) is 3.06. The van der Waals surface area contributed by atoms with Gasteiger partial charge in [0, 0.05) is 25.2 Å². The first-order valence-electron chi connectivity index (χ1n) is 10.4. The highest BCUT2D eigenvalue weighted by atomic mass is 32.2. The molecule has 30 heavy (non-hydrogen) atoms. The fourth-order valence-electron chi connectivity index (χ4n) is 3.89. The number of sulfone groups is 1. The molecule has 0 radical (unpaired) electrons. The van der Waals surface area contributed by atoms with E-state index in [1.807, 2.05) is 6.92 Å². The number of carbonyl (C=O) groups excluding carboxylic acids is 1. The van der Waals surface area contributed by atoms with E-state index in [1.165, 1.54) is 6.42 Å². The van der Waals surface area contributed by atoms with Gasteiger partial charge in [-0.1, -0.05) is 24.6 Å². The number of aryl methyl sites for hydroxylation is 3. The second kappa shape index (κ2) is 8.55. The lowest BCUT2D eigenvalue weighted by Gasteiger charge is -2.08. The minimum atomic E-state index is -3.35. The monoisotopic (exact) mass is 426 g/mol. The normalized spacial score (nSPS) is 14.3. The molecule has 0 saturated carbocycles. The van der Waals surface area contributed by atoms with Crippen molar-refractivity contribution < 1.29 is 13.2 Å². The van der Waals surface area contributed by atoms with Gasteiger partial charge in [0.25, 0.3) is 5.91 Å². The zero-order valence-corrected chi connectivity index (χ0v) is 17.9. The molecule has 0 saturated heterocycles. The summed E-state index contributed by atoms with van der Waals surface area (Å²) >= 11 is 0. The highest BCUT2D eigenvalue weighted by Gasteiger charge is 2.21. The maximum atomic E-state index is 12.8. The molecule has 1 amide bonds. The number of hydrogen-bond acceptors (Lipinski definition) is 5. The van der Waals surface area contributed by atoms with Crippen LogP contribution in [0.4, 0.5) is 0 Å². The number of carbonyl (C=O) groups is 1. The van der Waals surface area contributed by atoms with Gasteiger partial charge in [-0.05, 0) is 44.4 Å². The molecule has 1 aromatic carbocycles. The standard InChI is InChI=1S/C22H26N4O3S/c1-16-15-18(20-21(24-16)26-13-7-3-6-11-19(26)25-20)22(27)23-12-8-14-30(28,29)17-9-4-2-5-10-17/h2,4-5,9-10,15H,3,6-8,11-14H2,1H3,(H,23,27). The Hall–Kier alpha value is -2.74. The number of hydrogen-bond donors (Lipinski definition) is 1. The number of aromatic nitrogens is 3. The molecule has 0 fully saturated rings. The first kappa shape index (κ1) is 20.5. The van der Waals surface area contributed by atoms with Gasteiger partial charge in [-0.25, -0.2) is 18.4 Å². The Morgan fingerprint density at radius 1 is 1.13 bits per heavy atom. The van der Waals surface area contributed by atoms with Gasteiger partial charge in [0.2, 0.25) is 0 Å². The summed E-state index contributed by atoms with van der Waals surface area (Å²) in [6.07, 6.45) is 4.60. The average molecular weight is 427 g/mol. The van der Waals surface area contributed by atoms with Crippen molar-refractivity contribution in [3.8, 4) is 0 Å². The van der Waals surface area contributed by atoms with E-state index >= 15 is 0 Å². The highest BCUT2D eigenvalue weighted by molar-refractivity contribution is 7.91. The first-order valence-corrected chi connectivity index (χ1v) is 12.0. The number of pyridine rings is 1. The quantitative estimate of drug-likeness (QED) is 0.612. The fraction of sp³-hybridized carbons (Fsp3) is 0.409. The number of nitrogens with zero attached hydrogens (tertiary/aromatic N) is 3. The Morgan fingerprint density at radius 3 is 2.73 bits per heavy atom. The number of rotatable bonds is 6. The van der Waals surface area contributed by atoms with Crippen LogP contribution in [0.2, 0.25) is 0 Å². The fourth-order valence-corrected chi connectivity index (χ4v) is 5.23. The van der Waals surface area contributed by atoms with Crippen molar-refractivity contribution in [1.29, 1.82) is 0 Å². The molecule has 7 nitrogen and oxygen atoms in total. The van der Waals surface area contributed by atoms with E-state index in [4.69, 9.17) is 4.98 Å². The lowest BCUT2D eigenvalue weighted by molar-refractivity contribution is 0.0955. The Morgan fingerprint density at radius 2 is 1.93 bits per heavy atom.